The molecule has 5 nitrogen and oxygen atoms in total. The van der Waals surface area contributed by atoms with Gasteiger partial charge >= 0.3 is 5.97 Å². The Morgan fingerprint density at radius 2 is 2.32 bits per heavy atom. The van der Waals surface area contributed by atoms with Crippen LogP contribution in [-0.2, 0) is 0 Å². The van der Waals surface area contributed by atoms with E-state index >= 15 is 0 Å². The first-order chi connectivity index (χ1) is 9.11. The Hall–Kier alpha value is -1.95. The third kappa shape index (κ3) is 3.08. The second-order valence-electron chi connectivity index (χ2n) is 4.13. The van der Waals surface area contributed by atoms with Crippen molar-refractivity contribution in [2.24, 2.45) is 0 Å². The molecule has 2 rings (SSSR count). The van der Waals surface area contributed by atoms with E-state index in [9.17, 15) is 9.90 Å². The van der Waals surface area contributed by atoms with E-state index in [1.54, 1.807) is 29.7 Å². The normalized spacial score (nSPS) is 12.1. The first kappa shape index (κ1) is 13.5. The Morgan fingerprint density at radius 1 is 1.53 bits per heavy atom. The van der Waals surface area contributed by atoms with E-state index in [1.807, 2.05) is 19.2 Å². The summed E-state index contributed by atoms with van der Waals surface area (Å²) in [4.78, 5) is 19.7. The summed E-state index contributed by atoms with van der Waals surface area (Å²) in [7, 11) is 0. The summed E-state index contributed by atoms with van der Waals surface area (Å²) in [5.41, 5.74) is 0.960. The molecule has 0 fully saturated rings. The molecule has 1 unspecified atom stereocenters. The van der Waals surface area contributed by atoms with Gasteiger partial charge in [-0.25, -0.2) is 14.8 Å². The Balaban J connectivity index is 2.31. The van der Waals surface area contributed by atoms with Crippen LogP contribution >= 0.6 is 11.3 Å². The fourth-order valence-electron chi connectivity index (χ4n) is 1.75. The molecule has 1 atom stereocenters. The van der Waals surface area contributed by atoms with Gasteiger partial charge in [0.25, 0.3) is 0 Å². The molecule has 2 heterocycles. The van der Waals surface area contributed by atoms with Crippen LogP contribution < -0.4 is 5.32 Å². The fraction of sp³-hybridized carbons (Fsp3) is 0.308. The Labute approximate surface area is 115 Å². The van der Waals surface area contributed by atoms with E-state index in [0.717, 1.165) is 17.1 Å². The van der Waals surface area contributed by atoms with E-state index in [0.29, 0.717) is 5.82 Å². The number of carbonyl (C=O) groups is 1. The number of carboxylic acid groups (broad SMARTS) is 1. The third-order valence-electron chi connectivity index (χ3n) is 2.73. The number of pyridine rings is 1. The van der Waals surface area contributed by atoms with Gasteiger partial charge in [-0.3, -0.25) is 0 Å². The number of carboxylic acids is 1. The zero-order valence-electron chi connectivity index (χ0n) is 10.8. The van der Waals surface area contributed by atoms with Gasteiger partial charge in [-0.05, 0) is 25.5 Å². The summed E-state index contributed by atoms with van der Waals surface area (Å²) in [6.45, 7) is 3.86. The van der Waals surface area contributed by atoms with Crippen molar-refractivity contribution in [2.45, 2.75) is 26.3 Å². The molecule has 6 heteroatoms. The molecule has 0 aliphatic carbocycles. The van der Waals surface area contributed by atoms with Crippen molar-refractivity contribution in [1.29, 1.82) is 0 Å². The quantitative estimate of drug-likeness (QED) is 0.878. The lowest BCUT2D eigenvalue weighted by Crippen LogP contribution is -2.14. The van der Waals surface area contributed by atoms with Crippen molar-refractivity contribution >= 4 is 23.1 Å². The first-order valence-electron chi connectivity index (χ1n) is 5.98. The average molecular weight is 277 g/mol. The molecule has 2 aromatic rings. The number of hydrogen-bond acceptors (Lipinski definition) is 5. The minimum Gasteiger partial charge on any atom is -0.478 e. The van der Waals surface area contributed by atoms with Crippen molar-refractivity contribution in [2.75, 3.05) is 5.32 Å². The lowest BCUT2D eigenvalue weighted by Gasteiger charge is -2.17. The summed E-state index contributed by atoms with van der Waals surface area (Å²) in [6.07, 6.45) is 2.55. The molecule has 0 aromatic carbocycles. The van der Waals surface area contributed by atoms with Gasteiger partial charge in [-0.2, -0.15) is 0 Å². The van der Waals surface area contributed by atoms with Gasteiger partial charge in [-0.15, -0.1) is 11.3 Å². The lowest BCUT2D eigenvalue weighted by molar-refractivity contribution is 0.0697. The number of nitrogens with zero attached hydrogens (tertiary/aromatic N) is 2. The number of thiazole rings is 1. The summed E-state index contributed by atoms with van der Waals surface area (Å²) >= 11 is 1.54. The maximum Gasteiger partial charge on any atom is 0.339 e. The van der Waals surface area contributed by atoms with E-state index in [-0.39, 0.29) is 11.6 Å². The number of rotatable bonds is 5. The topological polar surface area (TPSA) is 75.1 Å². The second kappa shape index (κ2) is 5.79. The minimum absolute atomic E-state index is 0.0209. The zero-order chi connectivity index (χ0) is 13.8. The Morgan fingerprint density at radius 3 is 2.89 bits per heavy atom. The van der Waals surface area contributed by atoms with Gasteiger partial charge in [0.05, 0.1) is 6.04 Å². The largest absolute Gasteiger partial charge is 0.478 e. The average Bonchev–Trinajstić information content (AvgIpc) is 2.89. The van der Waals surface area contributed by atoms with Crippen LogP contribution in [0.15, 0.2) is 23.7 Å². The molecule has 2 N–H and O–H groups in total. The van der Waals surface area contributed by atoms with Crippen molar-refractivity contribution in [3.05, 3.63) is 40.0 Å². The molecule has 0 bridgehead atoms. The monoisotopic (exact) mass is 277 g/mol. The summed E-state index contributed by atoms with van der Waals surface area (Å²) in [5, 5.41) is 15.2. The van der Waals surface area contributed by atoms with Gasteiger partial charge in [0.1, 0.15) is 16.4 Å². The van der Waals surface area contributed by atoms with Crippen molar-refractivity contribution in [1.82, 2.24) is 9.97 Å². The zero-order valence-corrected chi connectivity index (χ0v) is 11.6. The molecule has 0 radical (unpaired) electrons. The molecule has 19 heavy (non-hydrogen) atoms. The first-order valence-corrected chi connectivity index (χ1v) is 6.86. The van der Waals surface area contributed by atoms with Crippen molar-refractivity contribution in [3.63, 3.8) is 0 Å². The predicted octanol–water partition coefficient (Wildman–Crippen LogP) is 3.11. The predicted molar refractivity (Wildman–Crippen MR) is 74.7 cm³/mol. The highest BCUT2D eigenvalue weighted by Gasteiger charge is 2.17. The summed E-state index contributed by atoms with van der Waals surface area (Å²) in [5.74, 6) is -0.585. The van der Waals surface area contributed by atoms with E-state index < -0.39 is 5.97 Å². The van der Waals surface area contributed by atoms with Gasteiger partial charge < -0.3 is 10.4 Å². The van der Waals surface area contributed by atoms with Crippen LogP contribution in [0.5, 0.6) is 0 Å². The number of nitrogens with one attached hydrogen (secondary N) is 1. The number of aromatic carboxylic acids is 1. The molecule has 100 valence electrons. The molecular weight excluding hydrogens is 262 g/mol. The van der Waals surface area contributed by atoms with E-state index in [4.69, 9.17) is 0 Å². The van der Waals surface area contributed by atoms with Gasteiger partial charge in [0.2, 0.25) is 0 Å². The second-order valence-corrected chi connectivity index (χ2v) is 5.06. The molecule has 0 saturated carbocycles. The molecule has 0 amide bonds. The molecule has 0 saturated heterocycles. The molecule has 0 aliphatic heterocycles. The molecule has 0 aliphatic rings. The molecule has 2 aromatic heterocycles. The van der Waals surface area contributed by atoms with Crippen molar-refractivity contribution in [3.8, 4) is 0 Å². The van der Waals surface area contributed by atoms with Crippen LogP contribution in [0.25, 0.3) is 0 Å². The van der Waals surface area contributed by atoms with Crippen LogP contribution in [0.2, 0.25) is 0 Å². The highest BCUT2D eigenvalue weighted by atomic mass is 32.1. The standard InChI is InChI=1S/C13H15N3O2S/c1-3-10(12-14-6-7-19-12)16-11-9(13(17)18)5-4-8(2)15-11/h4-7,10H,3H2,1-2H3,(H,15,16)(H,17,18). The van der Waals surface area contributed by atoms with Gasteiger partial charge in [0.15, 0.2) is 0 Å². The number of aromatic nitrogens is 2. The fourth-order valence-corrected chi connectivity index (χ4v) is 2.52. The number of hydrogen-bond donors (Lipinski definition) is 2. The van der Waals surface area contributed by atoms with E-state index in [1.165, 1.54) is 0 Å². The maximum atomic E-state index is 11.2. The van der Waals surface area contributed by atoms with Crippen LogP contribution in [0, 0.1) is 6.92 Å². The summed E-state index contributed by atoms with van der Waals surface area (Å²) < 4.78 is 0. The SMILES string of the molecule is CCC(Nc1nc(C)ccc1C(=O)O)c1nccs1. The number of anilines is 1. The third-order valence-corrected chi connectivity index (χ3v) is 3.62. The highest BCUT2D eigenvalue weighted by molar-refractivity contribution is 7.09. The molecular formula is C13H15N3O2S. The molecule has 0 spiro atoms. The maximum absolute atomic E-state index is 11.2. The van der Waals surface area contributed by atoms with Crippen LogP contribution in [0.1, 0.15) is 40.4 Å². The highest BCUT2D eigenvalue weighted by Crippen LogP contribution is 2.25. The van der Waals surface area contributed by atoms with Gasteiger partial charge in [0, 0.05) is 17.3 Å². The minimum atomic E-state index is -0.982. The van der Waals surface area contributed by atoms with E-state index in [2.05, 4.69) is 15.3 Å². The summed E-state index contributed by atoms with van der Waals surface area (Å²) in [6, 6.07) is 3.24. The number of aryl methyl sites for hydroxylation is 1. The Kier molecular flexibility index (Phi) is 4.11. The van der Waals surface area contributed by atoms with Crippen LogP contribution in [0.4, 0.5) is 5.82 Å². The Bertz CT molecular complexity index is 569. The van der Waals surface area contributed by atoms with Crippen LogP contribution in [0.3, 0.4) is 0 Å². The lowest BCUT2D eigenvalue weighted by atomic mass is 10.2. The van der Waals surface area contributed by atoms with Crippen LogP contribution in [-0.4, -0.2) is 21.0 Å². The smallest absolute Gasteiger partial charge is 0.339 e. The van der Waals surface area contributed by atoms with Crippen molar-refractivity contribution < 1.29 is 9.90 Å². The van der Waals surface area contributed by atoms with Gasteiger partial charge in [-0.1, -0.05) is 6.92 Å².